The van der Waals surface area contributed by atoms with Crippen LogP contribution in [0.5, 0.6) is 6.01 Å². The van der Waals surface area contributed by atoms with Crippen LogP contribution in [0, 0.1) is 0 Å². The van der Waals surface area contributed by atoms with Gasteiger partial charge in [0.15, 0.2) is 0 Å². The van der Waals surface area contributed by atoms with E-state index in [1.165, 1.54) is 12.3 Å². The Morgan fingerprint density at radius 3 is 1.51 bits per heavy atom. The summed E-state index contributed by atoms with van der Waals surface area (Å²) in [7, 11) is -7.03. The first-order chi connectivity index (χ1) is 16.2. The van der Waals surface area contributed by atoms with Crippen LogP contribution in [-0.4, -0.2) is 66.4 Å². The molecule has 0 amide bonds. The Hall–Kier alpha value is -1.10. The van der Waals surface area contributed by atoms with E-state index >= 15 is 0 Å². The van der Waals surface area contributed by atoms with Crippen LogP contribution in [0.2, 0.25) is 0 Å². The molecule has 14 heteroatoms. The van der Waals surface area contributed by atoms with Crippen LogP contribution in [0.4, 0.5) is 5.82 Å². The number of hydrogen-bond donors (Lipinski definition) is 1. The molecule has 1 rings (SSSR count). The van der Waals surface area contributed by atoms with Gasteiger partial charge in [-0.15, -0.1) is 0 Å². The lowest BCUT2D eigenvalue weighted by Crippen LogP contribution is -2.30. The van der Waals surface area contributed by atoms with Gasteiger partial charge in [-0.2, -0.15) is 4.98 Å². The van der Waals surface area contributed by atoms with Crippen LogP contribution < -0.4 is 10.5 Å². The summed E-state index contributed by atoms with van der Waals surface area (Å²) < 4.78 is 65.0. The third-order valence-electron chi connectivity index (χ3n) is 3.52. The molecule has 2 N–H and O–H groups in total. The van der Waals surface area contributed by atoms with Crippen LogP contribution in [0.1, 0.15) is 55.4 Å². The largest absolute Gasteiger partial charge is 0.455 e. The van der Waals surface area contributed by atoms with E-state index in [2.05, 4.69) is 9.97 Å². The van der Waals surface area contributed by atoms with Crippen molar-refractivity contribution in [2.75, 3.05) is 31.6 Å². The average Bonchev–Trinajstić information content (AvgIpc) is 2.64. The summed E-state index contributed by atoms with van der Waals surface area (Å²) in [6, 6.07) is 1.52. The number of nitrogens with zero attached hydrogens (tertiary/aromatic N) is 2. The highest BCUT2D eigenvalue weighted by molar-refractivity contribution is 7.53. The lowest BCUT2D eigenvalue weighted by molar-refractivity contribution is -0.00195. The maximum absolute atomic E-state index is 13.0. The summed E-state index contributed by atoms with van der Waals surface area (Å²) in [5, 5.41) is 0. The highest BCUT2D eigenvalue weighted by atomic mass is 31.2. The Morgan fingerprint density at radius 2 is 1.17 bits per heavy atom. The minimum Gasteiger partial charge on any atom is -0.455 e. The standard InChI is InChI=1S/C21H41N3O9P2/c1-15(2)30-34(25,31-16(3)4)13-27-11-19(29-21-23-10-9-20(22)24-21)12-28-14-35(26,32-17(5)6)33-18(7)8/h9-10,15-19H,11-14H2,1-8H3,(H2,22,23,24). The molecule has 0 atom stereocenters. The molecule has 0 saturated heterocycles. The summed E-state index contributed by atoms with van der Waals surface area (Å²) in [6.07, 6.45) is -1.22. The zero-order chi connectivity index (χ0) is 26.6. The topological polar surface area (TPSA) is 151 Å². The van der Waals surface area contributed by atoms with Crippen LogP contribution in [0.25, 0.3) is 0 Å². The second-order valence-electron chi connectivity index (χ2n) is 8.84. The van der Waals surface area contributed by atoms with E-state index in [0.717, 1.165) is 0 Å². The van der Waals surface area contributed by atoms with Crippen LogP contribution in [0.3, 0.4) is 0 Å². The van der Waals surface area contributed by atoms with Crippen molar-refractivity contribution in [1.29, 1.82) is 0 Å². The maximum Gasteiger partial charge on any atom is 0.356 e. The molecule has 0 fully saturated rings. The summed E-state index contributed by atoms with van der Waals surface area (Å²) in [5.41, 5.74) is 5.70. The highest BCUT2D eigenvalue weighted by Gasteiger charge is 2.31. The average molecular weight is 542 g/mol. The fourth-order valence-corrected chi connectivity index (χ4v) is 6.29. The fraction of sp³-hybridized carbons (Fsp3) is 0.810. The van der Waals surface area contributed by atoms with Crippen molar-refractivity contribution in [3.05, 3.63) is 12.3 Å². The van der Waals surface area contributed by atoms with E-state index in [-0.39, 0.29) is 62.2 Å². The quantitative estimate of drug-likeness (QED) is 0.253. The molecule has 0 saturated carbocycles. The molecule has 1 aromatic heterocycles. The van der Waals surface area contributed by atoms with E-state index in [9.17, 15) is 9.13 Å². The Kier molecular flexibility index (Phi) is 13.9. The predicted octanol–water partition coefficient (Wildman–Crippen LogP) is 4.84. The fourth-order valence-electron chi connectivity index (χ4n) is 2.72. The van der Waals surface area contributed by atoms with E-state index in [0.29, 0.717) is 0 Å². The smallest absolute Gasteiger partial charge is 0.356 e. The second kappa shape index (κ2) is 15.2. The zero-order valence-electron chi connectivity index (χ0n) is 21.9. The first-order valence-electron chi connectivity index (χ1n) is 11.5. The van der Waals surface area contributed by atoms with Gasteiger partial charge in [-0.1, -0.05) is 0 Å². The minimum absolute atomic E-state index is 0.00212. The molecule has 0 aliphatic heterocycles. The Labute approximate surface area is 208 Å². The molecule has 1 heterocycles. The lowest BCUT2D eigenvalue weighted by Gasteiger charge is -2.25. The Morgan fingerprint density at radius 1 is 0.771 bits per heavy atom. The SMILES string of the molecule is CC(C)OP(=O)(COCC(COCP(=O)(OC(C)C)OC(C)C)Oc1nccc(N)n1)OC(C)C. The van der Waals surface area contributed by atoms with Gasteiger partial charge < -0.3 is 38.0 Å². The minimum atomic E-state index is -3.52. The summed E-state index contributed by atoms with van der Waals surface area (Å²) in [5.74, 6) is 0.218. The first-order valence-corrected chi connectivity index (χ1v) is 15.0. The van der Waals surface area contributed by atoms with E-state index in [4.69, 9.17) is 38.0 Å². The Balaban J connectivity index is 2.87. The first kappa shape index (κ1) is 31.9. The third kappa shape index (κ3) is 14.3. The van der Waals surface area contributed by atoms with Gasteiger partial charge in [0, 0.05) is 6.20 Å². The molecule has 35 heavy (non-hydrogen) atoms. The van der Waals surface area contributed by atoms with Gasteiger partial charge in [0.2, 0.25) is 0 Å². The summed E-state index contributed by atoms with van der Waals surface area (Å²) in [4.78, 5) is 8.03. The van der Waals surface area contributed by atoms with E-state index < -0.39 is 21.3 Å². The second-order valence-corrected chi connectivity index (χ2v) is 12.6. The number of aromatic nitrogens is 2. The van der Waals surface area contributed by atoms with Gasteiger partial charge in [-0.05, 0) is 61.5 Å². The van der Waals surface area contributed by atoms with Gasteiger partial charge in [0.1, 0.15) is 24.6 Å². The molecule has 1 aromatic rings. The van der Waals surface area contributed by atoms with Crippen molar-refractivity contribution in [1.82, 2.24) is 9.97 Å². The number of anilines is 1. The maximum atomic E-state index is 13.0. The number of nitrogens with two attached hydrogens (primary N) is 1. The van der Waals surface area contributed by atoms with Crippen molar-refractivity contribution in [2.45, 2.75) is 85.9 Å². The van der Waals surface area contributed by atoms with Gasteiger partial charge in [0.05, 0.1) is 37.6 Å². The summed E-state index contributed by atoms with van der Waals surface area (Å²) in [6.45, 7) is 13.9. The van der Waals surface area contributed by atoms with E-state index in [1.54, 1.807) is 55.4 Å². The van der Waals surface area contributed by atoms with E-state index in [1.807, 2.05) is 0 Å². The van der Waals surface area contributed by atoms with Gasteiger partial charge in [-0.3, -0.25) is 9.13 Å². The molecule has 0 spiro atoms. The van der Waals surface area contributed by atoms with Crippen LogP contribution >= 0.6 is 15.2 Å². The molecule has 0 aromatic carbocycles. The van der Waals surface area contributed by atoms with Crippen molar-refractivity contribution in [3.63, 3.8) is 0 Å². The number of hydrogen-bond acceptors (Lipinski definition) is 12. The molecule has 0 aliphatic rings. The molecule has 0 bridgehead atoms. The third-order valence-corrected chi connectivity index (χ3v) is 7.49. The van der Waals surface area contributed by atoms with Gasteiger partial charge in [-0.25, -0.2) is 4.98 Å². The molecule has 0 unspecified atom stereocenters. The van der Waals surface area contributed by atoms with Gasteiger partial charge >= 0.3 is 21.2 Å². The molecule has 0 radical (unpaired) electrons. The summed E-state index contributed by atoms with van der Waals surface area (Å²) >= 11 is 0. The highest BCUT2D eigenvalue weighted by Crippen LogP contribution is 2.51. The zero-order valence-corrected chi connectivity index (χ0v) is 23.7. The van der Waals surface area contributed by atoms with Crippen molar-refractivity contribution >= 4 is 21.0 Å². The monoisotopic (exact) mass is 541 g/mol. The van der Waals surface area contributed by atoms with Crippen molar-refractivity contribution in [3.8, 4) is 6.01 Å². The molecule has 0 aliphatic carbocycles. The van der Waals surface area contributed by atoms with Crippen molar-refractivity contribution in [2.24, 2.45) is 0 Å². The normalized spacial score (nSPS) is 13.1. The number of nitrogen functional groups attached to an aromatic ring is 1. The molecular formula is C21H41N3O9P2. The number of rotatable bonds is 18. The van der Waals surface area contributed by atoms with Crippen LogP contribution in [0.15, 0.2) is 12.3 Å². The van der Waals surface area contributed by atoms with Gasteiger partial charge in [0.25, 0.3) is 0 Å². The van der Waals surface area contributed by atoms with Crippen molar-refractivity contribution < 1.29 is 41.4 Å². The Bertz CT molecular complexity index is 768. The van der Waals surface area contributed by atoms with Crippen LogP contribution in [-0.2, 0) is 36.7 Å². The lowest BCUT2D eigenvalue weighted by atomic mass is 10.4. The predicted molar refractivity (Wildman–Crippen MR) is 133 cm³/mol. The molecule has 12 nitrogen and oxygen atoms in total. The number of ether oxygens (including phenoxy) is 3. The molecule has 204 valence electrons. The molecular weight excluding hydrogens is 500 g/mol.